The van der Waals surface area contributed by atoms with Crippen molar-refractivity contribution in [3.05, 3.63) is 0 Å². The largest absolute Gasteiger partial charge is 0.376 e. The van der Waals surface area contributed by atoms with Crippen molar-refractivity contribution in [3.63, 3.8) is 0 Å². The van der Waals surface area contributed by atoms with Crippen molar-refractivity contribution in [2.24, 2.45) is 0 Å². The van der Waals surface area contributed by atoms with Gasteiger partial charge in [0.2, 0.25) is 0 Å². The van der Waals surface area contributed by atoms with E-state index in [9.17, 15) is 4.79 Å². The van der Waals surface area contributed by atoms with Gasteiger partial charge in [0.05, 0.1) is 6.10 Å². The molecule has 16 heavy (non-hydrogen) atoms. The number of carbonyl (C=O) groups is 1. The number of hydrogen-bond acceptors (Lipinski definition) is 2. The molecule has 92 valence electrons. The molecule has 1 unspecified atom stereocenters. The van der Waals surface area contributed by atoms with E-state index in [1.807, 2.05) is 0 Å². The molecule has 0 aromatic heterocycles. The van der Waals surface area contributed by atoms with E-state index in [0.29, 0.717) is 12.6 Å². The molecule has 1 atom stereocenters. The molecule has 2 aliphatic rings. The molecule has 1 saturated carbocycles. The smallest absolute Gasteiger partial charge is 0.315 e. The third kappa shape index (κ3) is 3.67. The highest BCUT2D eigenvalue weighted by Gasteiger charge is 2.18. The lowest BCUT2D eigenvalue weighted by molar-refractivity contribution is 0.0184. The third-order valence-corrected chi connectivity index (χ3v) is 3.45. The first-order valence-corrected chi connectivity index (χ1v) is 6.50. The van der Waals surface area contributed by atoms with Gasteiger partial charge >= 0.3 is 6.03 Å². The average Bonchev–Trinajstić information content (AvgIpc) is 2.81. The molecule has 1 saturated heterocycles. The van der Waals surface area contributed by atoms with Crippen LogP contribution in [0, 0.1) is 0 Å². The number of carbonyl (C=O) groups excluding carboxylic acids is 1. The first kappa shape index (κ1) is 11.7. The third-order valence-electron chi connectivity index (χ3n) is 3.45. The Labute approximate surface area is 97.1 Å². The van der Waals surface area contributed by atoms with Gasteiger partial charge in [0.15, 0.2) is 0 Å². The highest BCUT2D eigenvalue weighted by molar-refractivity contribution is 5.74. The van der Waals surface area contributed by atoms with E-state index in [1.165, 1.54) is 19.3 Å². The standard InChI is InChI=1S/C12H22N2O2/c15-12(14-10-5-1-2-6-10)13-9-11-7-3-4-8-16-11/h10-11H,1-9H2,(H2,13,14,15). The zero-order chi connectivity index (χ0) is 11.2. The topological polar surface area (TPSA) is 50.4 Å². The van der Waals surface area contributed by atoms with E-state index >= 15 is 0 Å². The van der Waals surface area contributed by atoms with Crippen molar-refractivity contribution in [1.82, 2.24) is 10.6 Å². The van der Waals surface area contributed by atoms with Crippen molar-refractivity contribution >= 4 is 6.03 Å². The highest BCUT2D eigenvalue weighted by Crippen LogP contribution is 2.17. The first-order chi connectivity index (χ1) is 7.84. The molecule has 1 aliphatic carbocycles. The number of amides is 2. The monoisotopic (exact) mass is 226 g/mol. The Bertz CT molecular complexity index is 221. The van der Waals surface area contributed by atoms with E-state index in [0.717, 1.165) is 32.3 Å². The van der Waals surface area contributed by atoms with Crippen LogP contribution in [0.15, 0.2) is 0 Å². The maximum atomic E-state index is 11.6. The van der Waals surface area contributed by atoms with E-state index < -0.39 is 0 Å². The summed E-state index contributed by atoms with van der Waals surface area (Å²) in [5, 5.41) is 5.92. The normalized spacial score (nSPS) is 26.6. The van der Waals surface area contributed by atoms with Crippen LogP contribution in [0.1, 0.15) is 44.9 Å². The number of ether oxygens (including phenoxy) is 1. The minimum atomic E-state index is -0.0268. The molecular formula is C12H22N2O2. The molecule has 0 aromatic rings. The summed E-state index contributed by atoms with van der Waals surface area (Å²) in [6.07, 6.45) is 8.43. The molecular weight excluding hydrogens is 204 g/mol. The van der Waals surface area contributed by atoms with Gasteiger partial charge in [-0.05, 0) is 32.1 Å². The fourth-order valence-corrected chi connectivity index (χ4v) is 2.48. The molecule has 2 rings (SSSR count). The fraction of sp³-hybridized carbons (Fsp3) is 0.917. The van der Waals surface area contributed by atoms with Crippen molar-refractivity contribution in [2.45, 2.75) is 57.1 Å². The lowest BCUT2D eigenvalue weighted by Crippen LogP contribution is -2.44. The Morgan fingerprint density at radius 2 is 1.88 bits per heavy atom. The summed E-state index contributed by atoms with van der Waals surface area (Å²) in [5.74, 6) is 0. The second-order valence-corrected chi connectivity index (χ2v) is 4.82. The van der Waals surface area contributed by atoms with Crippen LogP contribution in [-0.2, 0) is 4.74 Å². The van der Waals surface area contributed by atoms with Crippen LogP contribution in [0.4, 0.5) is 4.79 Å². The molecule has 1 heterocycles. The van der Waals surface area contributed by atoms with Gasteiger partial charge in [-0.2, -0.15) is 0 Å². The molecule has 2 N–H and O–H groups in total. The molecule has 4 heteroatoms. The van der Waals surface area contributed by atoms with Gasteiger partial charge in [-0.1, -0.05) is 12.8 Å². The van der Waals surface area contributed by atoms with Crippen LogP contribution in [-0.4, -0.2) is 31.3 Å². The highest BCUT2D eigenvalue weighted by atomic mass is 16.5. The van der Waals surface area contributed by atoms with Crippen LogP contribution in [0.2, 0.25) is 0 Å². The first-order valence-electron chi connectivity index (χ1n) is 6.50. The summed E-state index contributed by atoms with van der Waals surface area (Å²) in [7, 11) is 0. The predicted molar refractivity (Wildman–Crippen MR) is 62.4 cm³/mol. The molecule has 0 aromatic carbocycles. The minimum absolute atomic E-state index is 0.0268. The Hall–Kier alpha value is -0.770. The van der Waals surface area contributed by atoms with Crippen LogP contribution in [0.3, 0.4) is 0 Å². The zero-order valence-corrected chi connectivity index (χ0v) is 9.84. The molecule has 2 fully saturated rings. The lowest BCUT2D eigenvalue weighted by Gasteiger charge is -2.23. The predicted octanol–water partition coefficient (Wildman–Crippen LogP) is 1.80. The molecule has 0 radical (unpaired) electrons. The van der Waals surface area contributed by atoms with Gasteiger partial charge in [0, 0.05) is 19.2 Å². The quantitative estimate of drug-likeness (QED) is 0.771. The van der Waals surface area contributed by atoms with Gasteiger partial charge < -0.3 is 15.4 Å². The Balaban J connectivity index is 1.59. The second kappa shape index (κ2) is 6.09. The van der Waals surface area contributed by atoms with E-state index in [1.54, 1.807) is 0 Å². The maximum absolute atomic E-state index is 11.6. The number of rotatable bonds is 3. The molecule has 4 nitrogen and oxygen atoms in total. The zero-order valence-electron chi connectivity index (χ0n) is 9.84. The van der Waals surface area contributed by atoms with Crippen LogP contribution >= 0.6 is 0 Å². The van der Waals surface area contributed by atoms with Gasteiger partial charge in [-0.25, -0.2) is 4.79 Å². The number of nitrogens with one attached hydrogen (secondary N) is 2. The van der Waals surface area contributed by atoms with Gasteiger partial charge in [-0.15, -0.1) is 0 Å². The van der Waals surface area contributed by atoms with Crippen LogP contribution in [0.25, 0.3) is 0 Å². The second-order valence-electron chi connectivity index (χ2n) is 4.82. The minimum Gasteiger partial charge on any atom is -0.376 e. The van der Waals surface area contributed by atoms with Gasteiger partial charge in [0.1, 0.15) is 0 Å². The summed E-state index contributed by atoms with van der Waals surface area (Å²) >= 11 is 0. The van der Waals surface area contributed by atoms with E-state index in [-0.39, 0.29) is 12.1 Å². The van der Waals surface area contributed by atoms with Crippen molar-refractivity contribution in [3.8, 4) is 0 Å². The summed E-state index contributed by atoms with van der Waals surface area (Å²) < 4.78 is 5.56. The van der Waals surface area contributed by atoms with E-state index in [4.69, 9.17) is 4.74 Å². The van der Waals surface area contributed by atoms with Crippen LogP contribution < -0.4 is 10.6 Å². The number of urea groups is 1. The molecule has 0 bridgehead atoms. The summed E-state index contributed by atoms with van der Waals surface area (Å²) in [6, 6.07) is 0.369. The molecule has 1 aliphatic heterocycles. The van der Waals surface area contributed by atoms with Crippen molar-refractivity contribution in [1.29, 1.82) is 0 Å². The van der Waals surface area contributed by atoms with Gasteiger partial charge in [0.25, 0.3) is 0 Å². The molecule has 2 amide bonds. The summed E-state index contributed by atoms with van der Waals surface area (Å²) in [6.45, 7) is 1.50. The summed E-state index contributed by atoms with van der Waals surface area (Å²) in [4.78, 5) is 11.6. The number of hydrogen-bond donors (Lipinski definition) is 2. The average molecular weight is 226 g/mol. The van der Waals surface area contributed by atoms with Crippen LogP contribution in [0.5, 0.6) is 0 Å². The fourth-order valence-electron chi connectivity index (χ4n) is 2.48. The Morgan fingerprint density at radius 1 is 1.12 bits per heavy atom. The summed E-state index contributed by atoms with van der Waals surface area (Å²) in [5.41, 5.74) is 0. The lowest BCUT2D eigenvalue weighted by atomic mass is 10.1. The Kier molecular flexibility index (Phi) is 4.45. The Morgan fingerprint density at radius 3 is 2.56 bits per heavy atom. The maximum Gasteiger partial charge on any atom is 0.315 e. The van der Waals surface area contributed by atoms with Crippen molar-refractivity contribution in [2.75, 3.05) is 13.2 Å². The van der Waals surface area contributed by atoms with Crippen molar-refractivity contribution < 1.29 is 9.53 Å². The molecule has 0 spiro atoms. The van der Waals surface area contributed by atoms with Gasteiger partial charge in [-0.3, -0.25) is 0 Å². The SMILES string of the molecule is O=C(NCC1CCCCO1)NC1CCCC1. The van der Waals surface area contributed by atoms with E-state index in [2.05, 4.69) is 10.6 Å².